The predicted octanol–water partition coefficient (Wildman–Crippen LogP) is 3.60. The number of carbonyl (C=O) groups is 2. The summed E-state index contributed by atoms with van der Waals surface area (Å²) in [6, 6.07) is 9.00. The van der Waals surface area contributed by atoms with Gasteiger partial charge in [0.2, 0.25) is 0 Å². The fourth-order valence-electron chi connectivity index (χ4n) is 2.06. The lowest BCUT2D eigenvalue weighted by atomic mass is 10.2. The van der Waals surface area contributed by atoms with Crippen LogP contribution in [-0.2, 0) is 15.8 Å². The molecule has 2 aromatic rings. The van der Waals surface area contributed by atoms with Crippen molar-refractivity contribution in [3.05, 3.63) is 53.6 Å². The molecule has 2 amide bonds. The van der Waals surface area contributed by atoms with E-state index < -0.39 is 23.6 Å². The number of alkyl halides is 3. The number of carbonyl (C=O) groups excluding carboxylic acids is 2. The smallest absolute Gasteiger partial charge is 0.416 e. The summed E-state index contributed by atoms with van der Waals surface area (Å²) in [6.07, 6.45) is -4.54. The highest BCUT2D eigenvalue weighted by Crippen LogP contribution is 2.30. The number of benzene rings is 2. The third-order valence-corrected chi connectivity index (χ3v) is 3.26. The molecule has 0 fully saturated rings. The number of nitrogens with one attached hydrogen (secondary N) is 2. The lowest BCUT2D eigenvalue weighted by molar-refractivity contribution is -0.137. The molecule has 0 unspecified atom stereocenters. The fraction of sp³-hybridized carbons (Fsp3) is 0.176. The molecule has 0 atom stereocenters. The maximum Gasteiger partial charge on any atom is 0.416 e. The number of anilines is 2. The minimum atomic E-state index is -4.54. The summed E-state index contributed by atoms with van der Waals surface area (Å²) in [7, 11) is 1.41. The van der Waals surface area contributed by atoms with Crippen LogP contribution in [0.5, 0.6) is 5.75 Å². The van der Waals surface area contributed by atoms with E-state index in [2.05, 4.69) is 10.6 Å². The molecule has 25 heavy (non-hydrogen) atoms. The molecule has 2 N–H and O–H groups in total. The van der Waals surface area contributed by atoms with Gasteiger partial charge in [-0.2, -0.15) is 13.2 Å². The van der Waals surface area contributed by atoms with Crippen LogP contribution in [0.3, 0.4) is 0 Å². The SMILES string of the molecule is COc1ccc(C)cc1NC(=O)C(=O)Nc1cccc(C(F)(F)F)c1. The molecule has 0 heterocycles. The Hall–Kier alpha value is -3.03. The van der Waals surface area contributed by atoms with E-state index in [-0.39, 0.29) is 11.4 Å². The van der Waals surface area contributed by atoms with Crippen LogP contribution in [0.15, 0.2) is 42.5 Å². The van der Waals surface area contributed by atoms with Crippen LogP contribution in [0.2, 0.25) is 0 Å². The van der Waals surface area contributed by atoms with Crippen LogP contribution < -0.4 is 15.4 Å². The predicted molar refractivity (Wildman–Crippen MR) is 86.4 cm³/mol. The maximum atomic E-state index is 12.7. The van der Waals surface area contributed by atoms with Gasteiger partial charge in [-0.05, 0) is 42.8 Å². The molecule has 0 saturated heterocycles. The van der Waals surface area contributed by atoms with Crippen LogP contribution in [0, 0.1) is 6.92 Å². The first-order chi connectivity index (χ1) is 11.7. The summed E-state index contributed by atoms with van der Waals surface area (Å²) in [6.45, 7) is 1.79. The summed E-state index contributed by atoms with van der Waals surface area (Å²) >= 11 is 0. The molecule has 0 saturated carbocycles. The van der Waals surface area contributed by atoms with Crippen molar-refractivity contribution in [3.63, 3.8) is 0 Å². The van der Waals surface area contributed by atoms with Crippen molar-refractivity contribution in [2.45, 2.75) is 13.1 Å². The third-order valence-electron chi connectivity index (χ3n) is 3.26. The van der Waals surface area contributed by atoms with Gasteiger partial charge in [0, 0.05) is 5.69 Å². The monoisotopic (exact) mass is 352 g/mol. The zero-order chi connectivity index (χ0) is 18.6. The van der Waals surface area contributed by atoms with Crippen molar-refractivity contribution < 1.29 is 27.5 Å². The van der Waals surface area contributed by atoms with Gasteiger partial charge in [0.15, 0.2) is 0 Å². The zero-order valence-corrected chi connectivity index (χ0v) is 13.4. The Morgan fingerprint density at radius 1 is 1.00 bits per heavy atom. The number of aryl methyl sites for hydroxylation is 1. The number of ether oxygens (including phenoxy) is 1. The lowest BCUT2D eigenvalue weighted by Gasteiger charge is -2.12. The lowest BCUT2D eigenvalue weighted by Crippen LogP contribution is -2.29. The van der Waals surface area contributed by atoms with Crippen LogP contribution in [0.25, 0.3) is 0 Å². The molecular formula is C17H15F3N2O3. The molecule has 132 valence electrons. The second-order valence-electron chi connectivity index (χ2n) is 5.19. The standard InChI is InChI=1S/C17H15F3N2O3/c1-10-6-7-14(25-2)13(8-10)22-16(24)15(23)21-12-5-3-4-11(9-12)17(18,19)20/h3-9H,1-2H3,(H,21,23)(H,22,24). The van der Waals surface area contributed by atoms with Gasteiger partial charge in [0.25, 0.3) is 0 Å². The van der Waals surface area contributed by atoms with Crippen molar-refractivity contribution in [2.24, 2.45) is 0 Å². The van der Waals surface area contributed by atoms with Crippen LogP contribution in [0.1, 0.15) is 11.1 Å². The molecule has 8 heteroatoms. The second-order valence-corrected chi connectivity index (χ2v) is 5.19. The van der Waals surface area contributed by atoms with Crippen LogP contribution in [-0.4, -0.2) is 18.9 Å². The van der Waals surface area contributed by atoms with Gasteiger partial charge >= 0.3 is 18.0 Å². The van der Waals surface area contributed by atoms with Gasteiger partial charge < -0.3 is 15.4 Å². The first kappa shape index (κ1) is 18.3. The van der Waals surface area contributed by atoms with Crippen molar-refractivity contribution in [1.82, 2.24) is 0 Å². The Balaban J connectivity index is 2.11. The van der Waals surface area contributed by atoms with E-state index in [1.54, 1.807) is 25.1 Å². The minimum absolute atomic E-state index is 0.133. The van der Waals surface area contributed by atoms with E-state index >= 15 is 0 Å². The molecule has 0 aliphatic rings. The Kier molecular flexibility index (Phi) is 5.31. The van der Waals surface area contributed by atoms with E-state index in [9.17, 15) is 22.8 Å². The third kappa shape index (κ3) is 4.72. The maximum absolute atomic E-state index is 12.7. The number of methoxy groups -OCH3 is 1. The average molecular weight is 352 g/mol. The van der Waals surface area contributed by atoms with Gasteiger partial charge in [-0.1, -0.05) is 12.1 Å². The summed E-state index contributed by atoms with van der Waals surface area (Å²) in [5.41, 5.74) is 0.0540. The highest BCUT2D eigenvalue weighted by molar-refractivity contribution is 6.43. The Morgan fingerprint density at radius 3 is 2.32 bits per heavy atom. The number of hydrogen-bond acceptors (Lipinski definition) is 3. The highest BCUT2D eigenvalue weighted by atomic mass is 19.4. The number of rotatable bonds is 3. The number of hydrogen-bond donors (Lipinski definition) is 2. The Morgan fingerprint density at radius 2 is 1.68 bits per heavy atom. The summed E-state index contributed by atoms with van der Waals surface area (Å²) in [5.74, 6) is -1.77. The van der Waals surface area contributed by atoms with Crippen molar-refractivity contribution in [3.8, 4) is 5.75 Å². The molecule has 0 aliphatic carbocycles. The fourth-order valence-corrected chi connectivity index (χ4v) is 2.06. The van der Waals surface area contributed by atoms with Crippen LogP contribution >= 0.6 is 0 Å². The molecule has 0 aliphatic heterocycles. The summed E-state index contributed by atoms with van der Waals surface area (Å²) < 4.78 is 43.1. The molecule has 0 aromatic heterocycles. The topological polar surface area (TPSA) is 67.4 Å². The number of amides is 2. The second kappa shape index (κ2) is 7.25. The van der Waals surface area contributed by atoms with E-state index in [1.807, 2.05) is 0 Å². The first-order valence-electron chi connectivity index (χ1n) is 7.15. The molecular weight excluding hydrogens is 337 g/mol. The Bertz CT molecular complexity index is 804. The zero-order valence-electron chi connectivity index (χ0n) is 13.4. The van der Waals surface area contributed by atoms with Crippen molar-refractivity contribution in [1.29, 1.82) is 0 Å². The Labute approximate surface area is 141 Å². The molecule has 0 spiro atoms. The first-order valence-corrected chi connectivity index (χ1v) is 7.15. The van der Waals surface area contributed by atoms with Crippen molar-refractivity contribution in [2.75, 3.05) is 17.7 Å². The number of halogens is 3. The normalized spacial score (nSPS) is 10.9. The van der Waals surface area contributed by atoms with Gasteiger partial charge in [0.05, 0.1) is 18.4 Å². The molecule has 5 nitrogen and oxygen atoms in total. The largest absolute Gasteiger partial charge is 0.495 e. The van der Waals surface area contributed by atoms with Gasteiger partial charge in [-0.3, -0.25) is 9.59 Å². The minimum Gasteiger partial charge on any atom is -0.495 e. The average Bonchev–Trinajstić information content (AvgIpc) is 2.54. The summed E-state index contributed by atoms with van der Waals surface area (Å²) in [4.78, 5) is 23.9. The summed E-state index contributed by atoms with van der Waals surface area (Å²) in [5, 5.41) is 4.50. The van der Waals surface area contributed by atoms with E-state index in [4.69, 9.17) is 4.74 Å². The molecule has 0 bridgehead atoms. The van der Waals surface area contributed by atoms with Gasteiger partial charge in [0.1, 0.15) is 5.75 Å². The van der Waals surface area contributed by atoms with E-state index in [0.717, 1.165) is 23.8 Å². The van der Waals surface area contributed by atoms with E-state index in [0.29, 0.717) is 5.75 Å². The van der Waals surface area contributed by atoms with Gasteiger partial charge in [-0.25, -0.2) is 0 Å². The van der Waals surface area contributed by atoms with Crippen LogP contribution in [0.4, 0.5) is 24.5 Å². The van der Waals surface area contributed by atoms with Gasteiger partial charge in [-0.15, -0.1) is 0 Å². The molecule has 0 radical (unpaired) electrons. The quantitative estimate of drug-likeness (QED) is 0.830. The van der Waals surface area contributed by atoms with E-state index in [1.165, 1.54) is 13.2 Å². The molecule has 2 rings (SSSR count). The highest BCUT2D eigenvalue weighted by Gasteiger charge is 2.30. The molecule has 2 aromatic carbocycles. The van der Waals surface area contributed by atoms with Crippen molar-refractivity contribution >= 4 is 23.2 Å².